The smallest absolute Gasteiger partial charge is 0.220 e. The van der Waals surface area contributed by atoms with Crippen molar-refractivity contribution in [3.63, 3.8) is 0 Å². The van der Waals surface area contributed by atoms with E-state index in [1.807, 2.05) is 6.08 Å². The fraction of sp³-hybridized carbons (Fsp3) is 0.842. The van der Waals surface area contributed by atoms with Crippen molar-refractivity contribution in [3.05, 3.63) is 85.1 Å². The van der Waals surface area contributed by atoms with Gasteiger partial charge < -0.3 is 89.9 Å². The van der Waals surface area contributed by atoms with Crippen molar-refractivity contribution in [1.29, 1.82) is 0 Å². The first-order valence-corrected chi connectivity index (χ1v) is 46.8. The predicted molar refractivity (Wildman–Crippen MR) is 461 cm³/mol. The van der Waals surface area contributed by atoms with Gasteiger partial charge in [-0.3, -0.25) is 4.79 Å². The SMILES string of the molecule is CC/C=C\C/C=C\C/C=C\C/C=C\C/C=C\CCCCCCCCCCCCCCCCCCCCCCCC(=O)NC(COC1OC(CO)C(OC2OC(CO)C(OC3OC(CO)C(O)C(O)C3O)C(O)C2O)C(O)C1O)C(O)/C=C/CC/C=C/CCCCCCCCCCCCCCCCCCCCCCCCCCCC. The minimum Gasteiger partial charge on any atom is -0.394 e. The van der Waals surface area contributed by atoms with Gasteiger partial charge in [-0.1, -0.05) is 381 Å². The molecule has 0 radical (unpaired) electrons. The van der Waals surface area contributed by atoms with E-state index in [0.29, 0.717) is 12.8 Å². The zero-order chi connectivity index (χ0) is 82.4. The van der Waals surface area contributed by atoms with Crippen molar-refractivity contribution >= 4 is 5.91 Å². The second-order valence-corrected chi connectivity index (χ2v) is 33.1. The Balaban J connectivity index is 1.32. The fourth-order valence-corrected chi connectivity index (χ4v) is 15.5. The number of hydrogen-bond acceptors (Lipinski definition) is 18. The summed E-state index contributed by atoms with van der Waals surface area (Å²) in [5.41, 5.74) is 0. The molecule has 664 valence electrons. The number of allylic oxidation sites excluding steroid dienone is 13. The van der Waals surface area contributed by atoms with Gasteiger partial charge in [-0.25, -0.2) is 0 Å². The standard InChI is InChI=1S/C95H171NO18/c1-3-5-7-9-11-13-15-17-19-21-23-25-27-29-31-33-35-37-38-39-40-41-43-45-47-49-51-53-55-57-59-61-63-65-67-69-71-73-83(101)96-78(79(100)72-70-68-66-64-62-60-58-56-54-52-50-48-46-44-42-36-34-32-30-28-26-24-22-20-18-16-14-12-10-8-6-4-2)77-109-93-89(107)86(104)91(81(75-98)111-93)114-95-90(108)87(105)92(82(76-99)112-95)113-94-88(106)85(103)84(102)80(74-97)110-94/h5,7,11,13,17,19,23,25,29,31,62,64,70,72,78-82,84-95,97-100,102-108H,3-4,6,8-10,12,14-16,18,20-22,24,26-28,30,32-61,63,65-69,71,73-77H2,1-2H3,(H,96,101)/b7-5-,13-11-,19-17-,25-23-,31-29-,64-62+,72-70+. The number of ether oxygens (including phenoxy) is 6. The highest BCUT2D eigenvalue weighted by molar-refractivity contribution is 5.76. The molecule has 3 aliphatic rings. The van der Waals surface area contributed by atoms with E-state index in [1.54, 1.807) is 6.08 Å². The van der Waals surface area contributed by atoms with Crippen LogP contribution in [0.25, 0.3) is 0 Å². The summed E-state index contributed by atoms with van der Waals surface area (Å²) in [6, 6.07) is -0.995. The highest BCUT2D eigenvalue weighted by Crippen LogP contribution is 2.34. The molecule has 19 nitrogen and oxygen atoms in total. The molecule has 17 unspecified atom stereocenters. The van der Waals surface area contributed by atoms with Crippen LogP contribution >= 0.6 is 0 Å². The highest BCUT2D eigenvalue weighted by Gasteiger charge is 2.54. The molecule has 3 heterocycles. The van der Waals surface area contributed by atoms with E-state index in [1.165, 1.54) is 276 Å². The largest absolute Gasteiger partial charge is 0.394 e. The number of rotatable bonds is 76. The molecule has 0 aliphatic carbocycles. The van der Waals surface area contributed by atoms with Crippen LogP contribution in [0, 0.1) is 0 Å². The van der Waals surface area contributed by atoms with Crippen LogP contribution in [0.15, 0.2) is 85.1 Å². The molecular weight excluding hydrogens is 1440 g/mol. The number of hydrogen-bond donors (Lipinski definition) is 12. The zero-order valence-corrected chi connectivity index (χ0v) is 71.8. The van der Waals surface area contributed by atoms with Crippen LogP contribution in [-0.4, -0.2) is 193 Å². The highest BCUT2D eigenvalue weighted by atomic mass is 16.8. The number of carbonyl (C=O) groups is 1. The summed E-state index contributed by atoms with van der Waals surface area (Å²) in [4.78, 5) is 13.5. The summed E-state index contributed by atoms with van der Waals surface area (Å²) in [5.74, 6) is -0.280. The van der Waals surface area contributed by atoms with E-state index in [0.717, 1.165) is 70.6 Å². The van der Waals surface area contributed by atoms with Gasteiger partial charge in [-0.2, -0.15) is 0 Å². The first-order chi connectivity index (χ1) is 55.8. The van der Waals surface area contributed by atoms with E-state index in [-0.39, 0.29) is 18.9 Å². The van der Waals surface area contributed by atoms with Crippen molar-refractivity contribution in [1.82, 2.24) is 5.32 Å². The van der Waals surface area contributed by atoms with Crippen LogP contribution < -0.4 is 5.32 Å². The molecule has 3 rings (SSSR count). The lowest BCUT2D eigenvalue weighted by molar-refractivity contribution is -0.379. The van der Waals surface area contributed by atoms with Crippen molar-refractivity contribution < 1.29 is 89.4 Å². The summed E-state index contributed by atoms with van der Waals surface area (Å²) < 4.78 is 34.5. The van der Waals surface area contributed by atoms with Crippen LogP contribution in [0.3, 0.4) is 0 Å². The summed E-state index contributed by atoms with van der Waals surface area (Å²) >= 11 is 0. The molecule has 3 aliphatic heterocycles. The van der Waals surface area contributed by atoms with Gasteiger partial charge in [-0.05, 0) is 77.0 Å². The Morgan fingerprint density at radius 3 is 0.982 bits per heavy atom. The van der Waals surface area contributed by atoms with Gasteiger partial charge in [0.2, 0.25) is 5.91 Å². The van der Waals surface area contributed by atoms with E-state index in [4.69, 9.17) is 28.4 Å². The summed E-state index contributed by atoms with van der Waals surface area (Å²) in [6.45, 7) is 1.66. The van der Waals surface area contributed by atoms with Gasteiger partial charge in [0.1, 0.15) is 73.2 Å². The lowest BCUT2D eigenvalue weighted by atomic mass is 9.96. The molecule has 0 aromatic carbocycles. The summed E-state index contributed by atoms with van der Waals surface area (Å²) in [7, 11) is 0. The number of carbonyl (C=O) groups excluding carboxylic acids is 1. The fourth-order valence-electron chi connectivity index (χ4n) is 15.5. The molecule has 114 heavy (non-hydrogen) atoms. The van der Waals surface area contributed by atoms with E-state index >= 15 is 0 Å². The second kappa shape index (κ2) is 73.9. The quantitative estimate of drug-likeness (QED) is 0.0199. The first-order valence-electron chi connectivity index (χ1n) is 46.8. The van der Waals surface area contributed by atoms with Gasteiger partial charge in [0.15, 0.2) is 18.9 Å². The number of aliphatic hydroxyl groups is 11. The Kier molecular flexibility index (Phi) is 68.1. The topological polar surface area (TPSA) is 307 Å². The maximum atomic E-state index is 13.5. The minimum absolute atomic E-state index is 0.236. The Bertz CT molecular complexity index is 2380. The molecule has 3 saturated heterocycles. The Labute approximate surface area is 692 Å². The van der Waals surface area contributed by atoms with Crippen molar-refractivity contribution in [3.8, 4) is 0 Å². The van der Waals surface area contributed by atoms with Crippen LogP contribution in [0.4, 0.5) is 0 Å². The Hall–Kier alpha value is -3.03. The first kappa shape index (κ1) is 105. The summed E-state index contributed by atoms with van der Waals surface area (Å²) in [6.07, 6.45) is 74.6. The normalized spacial score (nSPS) is 25.1. The average molecular weight is 1620 g/mol. The Morgan fingerprint density at radius 1 is 0.325 bits per heavy atom. The van der Waals surface area contributed by atoms with Gasteiger partial charge in [0.05, 0.1) is 38.6 Å². The third kappa shape index (κ3) is 51.6. The molecule has 0 spiro atoms. The van der Waals surface area contributed by atoms with Crippen LogP contribution in [-0.2, 0) is 33.2 Å². The van der Waals surface area contributed by atoms with Gasteiger partial charge in [-0.15, -0.1) is 0 Å². The maximum absolute atomic E-state index is 13.5. The molecule has 0 aromatic heterocycles. The zero-order valence-electron chi connectivity index (χ0n) is 71.8. The van der Waals surface area contributed by atoms with Crippen molar-refractivity contribution in [2.75, 3.05) is 26.4 Å². The van der Waals surface area contributed by atoms with Crippen LogP contribution in [0.5, 0.6) is 0 Å². The second-order valence-electron chi connectivity index (χ2n) is 33.1. The van der Waals surface area contributed by atoms with Gasteiger partial charge in [0.25, 0.3) is 0 Å². The molecule has 0 aromatic rings. The lowest BCUT2D eigenvalue weighted by Gasteiger charge is -2.48. The molecular formula is C95H171NO18. The third-order valence-electron chi connectivity index (χ3n) is 22.9. The number of amides is 1. The van der Waals surface area contributed by atoms with E-state index in [9.17, 15) is 61.0 Å². The molecule has 1 amide bonds. The van der Waals surface area contributed by atoms with E-state index < -0.39 is 124 Å². The molecule has 0 bridgehead atoms. The van der Waals surface area contributed by atoms with Crippen molar-refractivity contribution in [2.24, 2.45) is 0 Å². The van der Waals surface area contributed by atoms with Crippen molar-refractivity contribution in [2.45, 2.75) is 484 Å². The third-order valence-corrected chi connectivity index (χ3v) is 22.9. The lowest BCUT2D eigenvalue weighted by Crippen LogP contribution is -2.66. The number of unbranched alkanes of at least 4 members (excludes halogenated alkanes) is 48. The average Bonchev–Trinajstić information content (AvgIpc) is 0.777. The molecule has 17 atom stereocenters. The predicted octanol–water partition coefficient (Wildman–Crippen LogP) is 18.5. The van der Waals surface area contributed by atoms with Crippen LogP contribution in [0.2, 0.25) is 0 Å². The molecule has 0 saturated carbocycles. The van der Waals surface area contributed by atoms with Gasteiger partial charge >= 0.3 is 0 Å². The number of aliphatic hydroxyl groups excluding tert-OH is 11. The molecule has 12 N–H and O–H groups in total. The monoisotopic (exact) mass is 1610 g/mol. The Morgan fingerprint density at radius 2 is 0.614 bits per heavy atom. The maximum Gasteiger partial charge on any atom is 0.220 e. The molecule has 19 heteroatoms. The van der Waals surface area contributed by atoms with E-state index in [2.05, 4.69) is 92.1 Å². The van der Waals surface area contributed by atoms with Gasteiger partial charge in [0, 0.05) is 6.42 Å². The number of nitrogens with one attached hydrogen (secondary N) is 1. The van der Waals surface area contributed by atoms with Crippen LogP contribution in [0.1, 0.15) is 380 Å². The molecule has 3 fully saturated rings. The minimum atomic E-state index is -1.98. The summed E-state index contributed by atoms with van der Waals surface area (Å²) in [5, 5.41) is 121.